The molecule has 0 atom stereocenters. The Labute approximate surface area is 127 Å². The van der Waals surface area contributed by atoms with Crippen LogP contribution in [0.1, 0.15) is 39.3 Å². The average molecular weight is 321 g/mol. The Kier molecular flexibility index (Phi) is 6.55. The van der Waals surface area contributed by atoms with E-state index in [2.05, 4.69) is 13.8 Å². The van der Waals surface area contributed by atoms with Gasteiger partial charge in [-0.1, -0.05) is 33.6 Å². The van der Waals surface area contributed by atoms with Crippen LogP contribution >= 0.6 is 11.6 Å². The number of hydrogen-bond acceptors (Lipinski definition) is 2. The van der Waals surface area contributed by atoms with E-state index in [9.17, 15) is 8.42 Å². The summed E-state index contributed by atoms with van der Waals surface area (Å²) in [5, 5.41) is 0. The molecular weight excluding hydrogens is 296 g/mol. The zero-order chi connectivity index (χ0) is 15.3. The molecule has 0 spiro atoms. The minimum atomic E-state index is -3.42. The van der Waals surface area contributed by atoms with Gasteiger partial charge in [-0.2, -0.15) is 4.31 Å². The molecule has 0 aromatic carbocycles. The van der Waals surface area contributed by atoms with E-state index in [1.54, 1.807) is 21.1 Å². The molecule has 1 aromatic heterocycles. The quantitative estimate of drug-likeness (QED) is 0.690. The Morgan fingerprint density at radius 3 is 2.30 bits per heavy atom. The van der Waals surface area contributed by atoms with E-state index >= 15 is 0 Å². The molecule has 0 aliphatic carbocycles. The minimum absolute atomic E-state index is 0.310. The van der Waals surface area contributed by atoms with Crippen molar-refractivity contribution in [2.24, 2.45) is 13.0 Å². The van der Waals surface area contributed by atoms with Crippen LogP contribution in [0.5, 0.6) is 0 Å². The van der Waals surface area contributed by atoms with Crippen LogP contribution in [0.2, 0.25) is 0 Å². The van der Waals surface area contributed by atoms with Gasteiger partial charge in [-0.3, -0.25) is 0 Å². The monoisotopic (exact) mass is 320 g/mol. The third kappa shape index (κ3) is 3.77. The summed E-state index contributed by atoms with van der Waals surface area (Å²) in [6, 6.07) is 1.66. The van der Waals surface area contributed by atoms with Gasteiger partial charge >= 0.3 is 0 Å². The molecule has 0 saturated heterocycles. The summed E-state index contributed by atoms with van der Waals surface area (Å²) in [5.74, 6) is 0.714. The molecule has 0 fully saturated rings. The van der Waals surface area contributed by atoms with E-state index < -0.39 is 10.0 Å². The topological polar surface area (TPSA) is 42.3 Å². The van der Waals surface area contributed by atoms with E-state index in [1.165, 1.54) is 0 Å². The maximum Gasteiger partial charge on any atom is 0.244 e. The van der Waals surface area contributed by atoms with Gasteiger partial charge in [0, 0.05) is 32.0 Å². The lowest BCUT2D eigenvalue weighted by molar-refractivity contribution is 0.339. The fraction of sp³-hybridized carbons (Fsp3) is 0.714. The zero-order valence-electron chi connectivity index (χ0n) is 12.8. The normalized spacial score (nSPS) is 12.6. The second-order valence-corrected chi connectivity index (χ2v) is 7.26. The van der Waals surface area contributed by atoms with E-state index in [4.69, 9.17) is 11.6 Å². The molecule has 0 unspecified atom stereocenters. The lowest BCUT2D eigenvalue weighted by Crippen LogP contribution is -2.35. The highest BCUT2D eigenvalue weighted by molar-refractivity contribution is 7.89. The van der Waals surface area contributed by atoms with E-state index in [-0.39, 0.29) is 0 Å². The fourth-order valence-corrected chi connectivity index (χ4v) is 4.12. The number of alkyl halides is 1. The van der Waals surface area contributed by atoms with Crippen molar-refractivity contribution in [2.45, 2.75) is 44.4 Å². The number of aryl methyl sites for hydroxylation is 1. The number of nitrogens with zero attached hydrogens (tertiary/aromatic N) is 2. The summed E-state index contributed by atoms with van der Waals surface area (Å²) < 4.78 is 28.7. The number of aromatic nitrogens is 1. The molecule has 0 aliphatic rings. The maximum atomic E-state index is 12.7. The smallest absolute Gasteiger partial charge is 0.244 e. The van der Waals surface area contributed by atoms with Crippen molar-refractivity contribution in [3.8, 4) is 0 Å². The SMILES string of the molecule is CCC(CC)CN(CC)S(=O)(=O)c1cc(CCl)n(C)c1. The van der Waals surface area contributed by atoms with E-state index in [0.29, 0.717) is 29.8 Å². The van der Waals surface area contributed by atoms with Gasteiger partial charge in [0.05, 0.1) is 5.88 Å². The standard InChI is InChI=1S/C14H25ClN2O2S/c1-5-12(6-2)10-17(7-3)20(18,19)14-8-13(9-15)16(4)11-14/h8,11-12H,5-7,9-10H2,1-4H3. The van der Waals surface area contributed by atoms with Crippen molar-refractivity contribution < 1.29 is 8.42 Å². The van der Waals surface area contributed by atoms with Crippen LogP contribution in [0.25, 0.3) is 0 Å². The van der Waals surface area contributed by atoms with Gasteiger partial charge in [0.15, 0.2) is 0 Å². The Morgan fingerprint density at radius 2 is 1.90 bits per heavy atom. The maximum absolute atomic E-state index is 12.7. The fourth-order valence-electron chi connectivity index (χ4n) is 2.23. The number of hydrogen-bond donors (Lipinski definition) is 0. The molecule has 0 amide bonds. The first-order valence-electron chi connectivity index (χ1n) is 7.11. The number of rotatable bonds is 8. The largest absolute Gasteiger partial charge is 0.352 e. The summed E-state index contributed by atoms with van der Waals surface area (Å²) in [4.78, 5) is 0.337. The molecule has 0 aliphatic heterocycles. The summed E-state index contributed by atoms with van der Waals surface area (Å²) in [5.41, 5.74) is 0.809. The predicted octanol–water partition coefficient (Wildman–Crippen LogP) is 3.21. The predicted molar refractivity (Wildman–Crippen MR) is 83.5 cm³/mol. The molecule has 1 rings (SSSR count). The highest BCUT2D eigenvalue weighted by Gasteiger charge is 2.26. The molecule has 0 radical (unpaired) electrons. The van der Waals surface area contributed by atoms with E-state index in [0.717, 1.165) is 18.5 Å². The molecule has 6 heteroatoms. The van der Waals surface area contributed by atoms with Crippen LogP contribution in [0.15, 0.2) is 17.2 Å². The highest BCUT2D eigenvalue weighted by Crippen LogP contribution is 2.21. The average Bonchev–Trinajstić information content (AvgIpc) is 2.82. The Balaban J connectivity index is 3.05. The van der Waals surface area contributed by atoms with Crippen molar-refractivity contribution >= 4 is 21.6 Å². The first kappa shape index (κ1) is 17.5. The van der Waals surface area contributed by atoms with Crippen molar-refractivity contribution in [1.29, 1.82) is 0 Å². The molecular formula is C14H25ClN2O2S. The lowest BCUT2D eigenvalue weighted by atomic mass is 10.0. The molecule has 1 aromatic rings. The van der Waals surface area contributed by atoms with Crippen LogP contribution in [-0.4, -0.2) is 30.4 Å². The van der Waals surface area contributed by atoms with Crippen LogP contribution in [0.3, 0.4) is 0 Å². The van der Waals surface area contributed by atoms with Crippen LogP contribution in [0, 0.1) is 5.92 Å². The Hall–Kier alpha value is -0.520. The first-order chi connectivity index (χ1) is 9.40. The van der Waals surface area contributed by atoms with Gasteiger partial charge in [-0.05, 0) is 12.0 Å². The molecule has 0 bridgehead atoms. The van der Waals surface area contributed by atoms with Crippen molar-refractivity contribution in [2.75, 3.05) is 13.1 Å². The first-order valence-corrected chi connectivity index (χ1v) is 9.09. The Bertz CT molecular complexity index is 521. The van der Waals surface area contributed by atoms with Gasteiger partial charge in [0.1, 0.15) is 4.90 Å². The number of sulfonamides is 1. The van der Waals surface area contributed by atoms with Crippen molar-refractivity contribution in [1.82, 2.24) is 8.87 Å². The van der Waals surface area contributed by atoms with E-state index in [1.807, 2.05) is 14.0 Å². The summed E-state index contributed by atoms with van der Waals surface area (Å²) in [6.45, 7) is 7.15. The minimum Gasteiger partial charge on any atom is -0.352 e. The number of halogens is 1. The molecule has 4 nitrogen and oxygen atoms in total. The zero-order valence-corrected chi connectivity index (χ0v) is 14.3. The third-order valence-corrected chi connectivity index (χ3v) is 6.01. The second kappa shape index (κ2) is 7.48. The molecule has 1 heterocycles. The Morgan fingerprint density at radius 1 is 1.30 bits per heavy atom. The lowest BCUT2D eigenvalue weighted by Gasteiger charge is -2.24. The van der Waals surface area contributed by atoms with Crippen LogP contribution in [-0.2, 0) is 23.0 Å². The van der Waals surface area contributed by atoms with Crippen molar-refractivity contribution in [3.05, 3.63) is 18.0 Å². The van der Waals surface area contributed by atoms with Crippen LogP contribution < -0.4 is 0 Å². The van der Waals surface area contributed by atoms with Gasteiger partial charge in [-0.15, -0.1) is 11.6 Å². The van der Waals surface area contributed by atoms with Gasteiger partial charge in [-0.25, -0.2) is 8.42 Å². The molecule has 20 heavy (non-hydrogen) atoms. The van der Waals surface area contributed by atoms with Gasteiger partial charge in [0.25, 0.3) is 0 Å². The van der Waals surface area contributed by atoms with Crippen molar-refractivity contribution in [3.63, 3.8) is 0 Å². The summed E-state index contributed by atoms with van der Waals surface area (Å²) in [6.07, 6.45) is 3.62. The van der Waals surface area contributed by atoms with Gasteiger partial charge in [0.2, 0.25) is 10.0 Å². The molecule has 116 valence electrons. The molecule has 0 N–H and O–H groups in total. The van der Waals surface area contributed by atoms with Gasteiger partial charge < -0.3 is 4.57 Å². The second-order valence-electron chi connectivity index (χ2n) is 5.05. The summed E-state index contributed by atoms with van der Waals surface area (Å²) in [7, 11) is -1.61. The molecule has 0 saturated carbocycles. The van der Waals surface area contributed by atoms with Crippen LogP contribution in [0.4, 0.5) is 0 Å². The third-order valence-electron chi connectivity index (χ3n) is 3.83. The highest BCUT2D eigenvalue weighted by atomic mass is 35.5. The summed E-state index contributed by atoms with van der Waals surface area (Å²) >= 11 is 5.81.